The molecule has 1 atom stereocenters. The van der Waals surface area contributed by atoms with Crippen LogP contribution in [0.2, 0.25) is 0 Å². The summed E-state index contributed by atoms with van der Waals surface area (Å²) in [4.78, 5) is 25.6. The van der Waals surface area contributed by atoms with E-state index in [0.29, 0.717) is 17.0 Å². The molecule has 8 nitrogen and oxygen atoms in total. The molecule has 0 saturated carbocycles. The molecule has 0 aliphatic rings. The summed E-state index contributed by atoms with van der Waals surface area (Å²) in [7, 11) is -3.82. The minimum Gasteiger partial charge on any atom is -0.468 e. The summed E-state index contributed by atoms with van der Waals surface area (Å²) in [5.74, 6) is -0.511. The van der Waals surface area contributed by atoms with Crippen molar-refractivity contribution < 1.29 is 22.4 Å². The normalized spacial score (nSPS) is 12.4. The second kappa shape index (κ2) is 10.5. The molecular weight excluding hydrogens is 442 g/mol. The number of hydrogen-bond donors (Lipinski definition) is 3. The van der Waals surface area contributed by atoms with E-state index in [0.717, 1.165) is 5.56 Å². The Morgan fingerprint density at radius 1 is 1.00 bits per heavy atom. The number of anilines is 1. The molecule has 0 aliphatic heterocycles. The van der Waals surface area contributed by atoms with Crippen LogP contribution in [-0.4, -0.2) is 26.3 Å². The molecule has 1 unspecified atom stereocenters. The van der Waals surface area contributed by atoms with Crippen molar-refractivity contribution in [3.05, 3.63) is 83.8 Å². The van der Waals surface area contributed by atoms with Crippen molar-refractivity contribution in [2.75, 3.05) is 5.32 Å². The van der Waals surface area contributed by atoms with Gasteiger partial charge in [0, 0.05) is 11.3 Å². The summed E-state index contributed by atoms with van der Waals surface area (Å²) in [6.07, 6.45) is 1.46. The third-order valence-corrected chi connectivity index (χ3v) is 6.34. The zero-order valence-corrected chi connectivity index (χ0v) is 19.5. The van der Waals surface area contributed by atoms with Crippen molar-refractivity contribution in [1.29, 1.82) is 0 Å². The number of aryl methyl sites for hydroxylation is 1. The Morgan fingerprint density at radius 2 is 1.76 bits per heavy atom. The fraction of sp³-hybridized carbons (Fsp3) is 0.250. The number of carbonyl (C=O) groups excluding carboxylic acids is 2. The maximum atomic E-state index is 12.9. The first-order valence-corrected chi connectivity index (χ1v) is 11.9. The highest BCUT2D eigenvalue weighted by Crippen LogP contribution is 2.17. The third-order valence-electron chi connectivity index (χ3n) is 4.94. The number of nitrogens with one attached hydrogen (secondary N) is 3. The van der Waals surface area contributed by atoms with E-state index in [-0.39, 0.29) is 23.3 Å². The maximum Gasteiger partial charge on any atom is 0.251 e. The van der Waals surface area contributed by atoms with Crippen LogP contribution in [0.4, 0.5) is 5.69 Å². The number of sulfonamides is 1. The molecule has 3 aromatic rings. The van der Waals surface area contributed by atoms with Gasteiger partial charge < -0.3 is 15.1 Å². The first-order chi connectivity index (χ1) is 15.7. The second-order valence-corrected chi connectivity index (χ2v) is 9.75. The highest BCUT2D eigenvalue weighted by Gasteiger charge is 2.25. The van der Waals surface area contributed by atoms with Gasteiger partial charge in [0.15, 0.2) is 0 Å². The highest BCUT2D eigenvalue weighted by atomic mass is 32.2. The predicted molar refractivity (Wildman–Crippen MR) is 125 cm³/mol. The quantitative estimate of drug-likeness (QED) is 0.444. The van der Waals surface area contributed by atoms with E-state index >= 15 is 0 Å². The summed E-state index contributed by atoms with van der Waals surface area (Å²) < 4.78 is 32.8. The lowest BCUT2D eigenvalue weighted by Crippen LogP contribution is -2.47. The lowest BCUT2D eigenvalue weighted by molar-refractivity contribution is -0.118. The molecule has 3 rings (SSSR count). The molecule has 0 radical (unpaired) electrons. The first kappa shape index (κ1) is 24.2. The molecule has 1 aromatic heterocycles. The van der Waals surface area contributed by atoms with Crippen LogP contribution in [0, 0.1) is 12.8 Å². The van der Waals surface area contributed by atoms with Crippen LogP contribution in [0.15, 0.2) is 76.2 Å². The summed E-state index contributed by atoms with van der Waals surface area (Å²) in [6, 6.07) is 15.5. The molecule has 174 valence electrons. The highest BCUT2D eigenvalue weighted by molar-refractivity contribution is 7.89. The summed E-state index contributed by atoms with van der Waals surface area (Å²) in [5, 5.41) is 5.48. The molecule has 2 amide bonds. The molecule has 1 heterocycles. The molecule has 0 aliphatic carbocycles. The van der Waals surface area contributed by atoms with Crippen molar-refractivity contribution in [2.24, 2.45) is 5.92 Å². The van der Waals surface area contributed by atoms with Crippen LogP contribution in [0.25, 0.3) is 0 Å². The molecule has 3 N–H and O–H groups in total. The molecule has 2 aromatic carbocycles. The Kier molecular flexibility index (Phi) is 7.67. The van der Waals surface area contributed by atoms with Gasteiger partial charge in [0.2, 0.25) is 15.9 Å². The molecule has 33 heavy (non-hydrogen) atoms. The van der Waals surface area contributed by atoms with Crippen LogP contribution in [0.3, 0.4) is 0 Å². The molecule has 0 saturated heterocycles. The van der Waals surface area contributed by atoms with Crippen molar-refractivity contribution in [2.45, 2.75) is 38.3 Å². The first-order valence-electron chi connectivity index (χ1n) is 10.5. The Balaban J connectivity index is 1.70. The van der Waals surface area contributed by atoms with Crippen LogP contribution in [-0.2, 0) is 21.4 Å². The van der Waals surface area contributed by atoms with E-state index in [9.17, 15) is 18.0 Å². The average molecular weight is 470 g/mol. The number of hydrogen-bond acceptors (Lipinski definition) is 5. The van der Waals surface area contributed by atoms with Crippen LogP contribution in [0.1, 0.15) is 35.5 Å². The van der Waals surface area contributed by atoms with Gasteiger partial charge in [0.1, 0.15) is 11.8 Å². The number of benzene rings is 2. The minimum atomic E-state index is -3.82. The fourth-order valence-electron chi connectivity index (χ4n) is 3.17. The van der Waals surface area contributed by atoms with E-state index in [2.05, 4.69) is 15.4 Å². The van der Waals surface area contributed by atoms with E-state index in [1.807, 2.05) is 26.8 Å². The average Bonchev–Trinajstić information content (AvgIpc) is 3.29. The monoisotopic (exact) mass is 469 g/mol. The number of carbonyl (C=O) groups is 2. The SMILES string of the molecule is Cc1cccc(C(=O)NC(C(=O)Nc2cccc(S(=O)(=O)NCc3ccco3)c2)C(C)C)c1. The topological polar surface area (TPSA) is 118 Å². The Hall–Kier alpha value is -3.43. The summed E-state index contributed by atoms with van der Waals surface area (Å²) >= 11 is 0. The van der Waals surface area contributed by atoms with Crippen molar-refractivity contribution in [1.82, 2.24) is 10.0 Å². The van der Waals surface area contributed by atoms with Gasteiger partial charge in [-0.05, 0) is 55.3 Å². The van der Waals surface area contributed by atoms with Gasteiger partial charge in [0.25, 0.3) is 5.91 Å². The van der Waals surface area contributed by atoms with Crippen molar-refractivity contribution in [3.8, 4) is 0 Å². The largest absolute Gasteiger partial charge is 0.468 e. The molecular formula is C24H27N3O5S. The predicted octanol–water partition coefficient (Wildman–Crippen LogP) is 3.46. The smallest absolute Gasteiger partial charge is 0.251 e. The number of furan rings is 1. The molecule has 9 heteroatoms. The second-order valence-electron chi connectivity index (χ2n) is 7.99. The van der Waals surface area contributed by atoms with E-state index in [1.165, 1.54) is 24.5 Å². The molecule has 0 bridgehead atoms. The van der Waals surface area contributed by atoms with E-state index in [1.54, 1.807) is 36.4 Å². The Bertz CT molecular complexity index is 1220. The molecule has 0 spiro atoms. The lowest BCUT2D eigenvalue weighted by atomic mass is 10.0. The van der Waals surface area contributed by atoms with Gasteiger partial charge in [-0.3, -0.25) is 9.59 Å². The Labute approximate surface area is 193 Å². The zero-order valence-electron chi connectivity index (χ0n) is 18.7. The Morgan fingerprint density at radius 3 is 2.42 bits per heavy atom. The van der Waals surface area contributed by atoms with Gasteiger partial charge >= 0.3 is 0 Å². The van der Waals surface area contributed by atoms with Crippen LogP contribution in [0.5, 0.6) is 0 Å². The summed E-state index contributed by atoms with van der Waals surface area (Å²) in [6.45, 7) is 5.53. The third kappa shape index (κ3) is 6.53. The van der Waals surface area contributed by atoms with E-state index < -0.39 is 22.0 Å². The van der Waals surface area contributed by atoms with Gasteiger partial charge in [-0.1, -0.05) is 37.6 Å². The van der Waals surface area contributed by atoms with Crippen molar-refractivity contribution in [3.63, 3.8) is 0 Å². The van der Waals surface area contributed by atoms with Gasteiger partial charge in [-0.25, -0.2) is 13.1 Å². The fourth-order valence-corrected chi connectivity index (χ4v) is 4.21. The number of amides is 2. The number of rotatable bonds is 9. The van der Waals surface area contributed by atoms with Gasteiger partial charge in [-0.15, -0.1) is 0 Å². The lowest BCUT2D eigenvalue weighted by Gasteiger charge is -2.22. The van der Waals surface area contributed by atoms with Gasteiger partial charge in [-0.2, -0.15) is 0 Å². The van der Waals surface area contributed by atoms with Crippen molar-refractivity contribution >= 4 is 27.5 Å². The van der Waals surface area contributed by atoms with E-state index in [4.69, 9.17) is 4.42 Å². The summed E-state index contributed by atoms with van der Waals surface area (Å²) in [5.41, 5.74) is 1.70. The minimum absolute atomic E-state index is 0.00301. The van der Waals surface area contributed by atoms with Crippen LogP contribution < -0.4 is 15.4 Å². The van der Waals surface area contributed by atoms with Gasteiger partial charge in [0.05, 0.1) is 17.7 Å². The molecule has 0 fully saturated rings. The maximum absolute atomic E-state index is 12.9. The standard InChI is InChI=1S/C24H27N3O5S/c1-16(2)22(27-23(28)18-8-4-7-17(3)13-18)24(29)26-19-9-5-11-21(14-19)33(30,31)25-15-20-10-6-12-32-20/h4-14,16,22,25H,15H2,1-3H3,(H,26,29)(H,27,28). The van der Waals surface area contributed by atoms with Crippen LogP contribution >= 0.6 is 0 Å². The zero-order chi connectivity index (χ0) is 24.0.